The van der Waals surface area contributed by atoms with Crippen molar-refractivity contribution in [2.45, 2.75) is 37.3 Å². The Hall–Kier alpha value is -2.33. The van der Waals surface area contributed by atoms with Gasteiger partial charge >= 0.3 is 5.97 Å². The molecule has 0 radical (unpaired) electrons. The van der Waals surface area contributed by atoms with Crippen molar-refractivity contribution < 1.29 is 14.6 Å². The van der Waals surface area contributed by atoms with Crippen LogP contribution < -0.4 is 0 Å². The van der Waals surface area contributed by atoms with Crippen LogP contribution in [0.1, 0.15) is 30.7 Å². The summed E-state index contributed by atoms with van der Waals surface area (Å²) >= 11 is 0. The largest absolute Gasteiger partial charge is 0.508 e. The monoisotopic (exact) mass is 351 g/mol. The first-order valence-corrected chi connectivity index (χ1v) is 9.27. The van der Waals surface area contributed by atoms with Crippen molar-refractivity contribution in [1.82, 2.24) is 4.90 Å². The van der Waals surface area contributed by atoms with Crippen molar-refractivity contribution in [2.75, 3.05) is 14.2 Å². The zero-order valence-electron chi connectivity index (χ0n) is 15.3. The standard InChI is InChI=1S/C22H25NO3/c1-23-17-10-11-20(23)21(22(25)26-2)19(13-17)15-8-6-14(7-9-15)16-4-3-5-18(24)12-16/h3-9,12,17,19-21,24H,10-11,13H2,1-2H3/t17-,19+,20+,21-/m0/s1. The van der Waals surface area contributed by atoms with E-state index in [4.69, 9.17) is 4.74 Å². The Morgan fingerprint density at radius 2 is 1.88 bits per heavy atom. The number of esters is 1. The van der Waals surface area contributed by atoms with Crippen molar-refractivity contribution in [3.05, 3.63) is 54.1 Å². The van der Waals surface area contributed by atoms with E-state index < -0.39 is 0 Å². The normalized spacial score (nSPS) is 28.1. The molecule has 0 amide bonds. The first kappa shape index (κ1) is 17.1. The van der Waals surface area contributed by atoms with Gasteiger partial charge in [0.2, 0.25) is 0 Å². The van der Waals surface area contributed by atoms with E-state index in [0.717, 1.165) is 30.4 Å². The Kier molecular flexibility index (Phi) is 4.45. The maximum atomic E-state index is 12.5. The van der Waals surface area contributed by atoms with Gasteiger partial charge in [-0.3, -0.25) is 9.69 Å². The molecule has 136 valence electrons. The number of phenols is 1. The number of nitrogens with zero attached hydrogens (tertiary/aromatic N) is 1. The minimum atomic E-state index is -0.102. The maximum Gasteiger partial charge on any atom is 0.310 e. The molecular formula is C22H25NO3. The molecule has 0 saturated carbocycles. The summed E-state index contributed by atoms with van der Waals surface area (Å²) < 4.78 is 5.15. The highest BCUT2D eigenvalue weighted by molar-refractivity contribution is 5.75. The molecule has 0 spiro atoms. The lowest BCUT2D eigenvalue weighted by molar-refractivity contribution is -0.150. The number of carbonyl (C=O) groups is 1. The van der Waals surface area contributed by atoms with Crippen LogP contribution in [-0.4, -0.2) is 42.2 Å². The fourth-order valence-electron chi connectivity index (χ4n) is 4.88. The fourth-order valence-corrected chi connectivity index (χ4v) is 4.88. The van der Waals surface area contributed by atoms with Crippen molar-refractivity contribution in [3.63, 3.8) is 0 Å². The summed E-state index contributed by atoms with van der Waals surface area (Å²) in [6.45, 7) is 0. The van der Waals surface area contributed by atoms with Gasteiger partial charge in [0, 0.05) is 18.0 Å². The molecule has 4 heteroatoms. The van der Waals surface area contributed by atoms with Crippen molar-refractivity contribution >= 4 is 5.97 Å². The van der Waals surface area contributed by atoms with Gasteiger partial charge in [0.25, 0.3) is 0 Å². The maximum absolute atomic E-state index is 12.5. The minimum absolute atomic E-state index is 0.0933. The van der Waals surface area contributed by atoms with Crippen molar-refractivity contribution in [1.29, 1.82) is 0 Å². The molecule has 2 aromatic carbocycles. The summed E-state index contributed by atoms with van der Waals surface area (Å²) in [6.07, 6.45) is 3.23. The van der Waals surface area contributed by atoms with Gasteiger partial charge in [-0.25, -0.2) is 0 Å². The highest BCUT2D eigenvalue weighted by Gasteiger charge is 2.49. The van der Waals surface area contributed by atoms with E-state index in [9.17, 15) is 9.90 Å². The summed E-state index contributed by atoms with van der Waals surface area (Å²) in [5.74, 6) is 0.276. The molecule has 2 bridgehead atoms. The Bertz CT molecular complexity index is 801. The third-order valence-corrected chi connectivity index (χ3v) is 6.26. The van der Waals surface area contributed by atoms with E-state index in [1.54, 1.807) is 12.1 Å². The van der Waals surface area contributed by atoms with Gasteiger partial charge in [-0.05, 0) is 55.1 Å². The zero-order valence-corrected chi connectivity index (χ0v) is 15.3. The molecule has 26 heavy (non-hydrogen) atoms. The lowest BCUT2D eigenvalue weighted by Crippen LogP contribution is -2.49. The molecule has 4 atom stereocenters. The smallest absolute Gasteiger partial charge is 0.310 e. The molecule has 2 aliphatic heterocycles. The van der Waals surface area contributed by atoms with Crippen LogP contribution in [0.25, 0.3) is 11.1 Å². The Morgan fingerprint density at radius 3 is 2.58 bits per heavy atom. The average Bonchev–Trinajstić information content (AvgIpc) is 2.90. The Labute approximate surface area is 154 Å². The zero-order chi connectivity index (χ0) is 18.3. The first-order chi connectivity index (χ1) is 12.6. The number of hydrogen-bond donors (Lipinski definition) is 1. The average molecular weight is 351 g/mol. The topological polar surface area (TPSA) is 49.8 Å². The molecule has 0 unspecified atom stereocenters. The van der Waals surface area contributed by atoms with Gasteiger partial charge in [-0.15, -0.1) is 0 Å². The van der Waals surface area contributed by atoms with Crippen molar-refractivity contribution in [3.8, 4) is 16.9 Å². The molecule has 2 heterocycles. The summed E-state index contributed by atoms with van der Waals surface area (Å²) in [4.78, 5) is 14.9. The summed E-state index contributed by atoms with van der Waals surface area (Å²) in [5, 5.41) is 9.69. The molecule has 4 nitrogen and oxygen atoms in total. The van der Waals surface area contributed by atoms with Crippen LogP contribution in [0.5, 0.6) is 5.75 Å². The number of piperidine rings is 1. The predicted molar refractivity (Wildman–Crippen MR) is 101 cm³/mol. The quantitative estimate of drug-likeness (QED) is 0.855. The van der Waals surface area contributed by atoms with E-state index in [1.165, 1.54) is 12.7 Å². The number of hydrogen-bond acceptors (Lipinski definition) is 4. The molecule has 1 N–H and O–H groups in total. The van der Waals surface area contributed by atoms with Gasteiger partial charge in [-0.2, -0.15) is 0 Å². The van der Waals surface area contributed by atoms with E-state index >= 15 is 0 Å². The second kappa shape index (κ2) is 6.76. The lowest BCUT2D eigenvalue weighted by Gasteiger charge is -2.41. The van der Waals surface area contributed by atoms with Crippen LogP contribution in [-0.2, 0) is 9.53 Å². The molecule has 0 aliphatic carbocycles. The third-order valence-electron chi connectivity index (χ3n) is 6.26. The molecular weight excluding hydrogens is 326 g/mol. The lowest BCUT2D eigenvalue weighted by atomic mass is 9.76. The minimum Gasteiger partial charge on any atom is -0.508 e. The molecule has 2 aliphatic rings. The SMILES string of the molecule is COC(=O)[C@H]1[C@@H](c2ccc(-c3cccc(O)c3)cc2)C[C@@H]2CC[C@H]1N2C. The Balaban J connectivity index is 1.64. The first-order valence-electron chi connectivity index (χ1n) is 9.27. The number of aromatic hydroxyl groups is 1. The summed E-state index contributed by atoms with van der Waals surface area (Å²) in [7, 11) is 3.63. The predicted octanol–water partition coefficient (Wildman–Crippen LogP) is 3.80. The van der Waals surface area contributed by atoms with Crippen LogP contribution in [0.3, 0.4) is 0 Å². The number of ether oxygens (including phenoxy) is 1. The van der Waals surface area contributed by atoms with Crippen LogP contribution in [0, 0.1) is 5.92 Å². The van der Waals surface area contributed by atoms with Gasteiger partial charge < -0.3 is 9.84 Å². The van der Waals surface area contributed by atoms with E-state index in [-0.39, 0.29) is 29.6 Å². The van der Waals surface area contributed by atoms with Crippen molar-refractivity contribution in [2.24, 2.45) is 5.92 Å². The highest BCUT2D eigenvalue weighted by Crippen LogP contribution is 2.46. The number of benzene rings is 2. The van der Waals surface area contributed by atoms with Crippen LogP contribution in [0.4, 0.5) is 0 Å². The number of rotatable bonds is 3. The molecule has 2 fully saturated rings. The van der Waals surface area contributed by atoms with Crippen LogP contribution >= 0.6 is 0 Å². The summed E-state index contributed by atoms with van der Waals surface area (Å²) in [5.41, 5.74) is 3.26. The molecule has 2 aromatic rings. The van der Waals surface area contributed by atoms with Gasteiger partial charge in [0.15, 0.2) is 0 Å². The number of fused-ring (bicyclic) bond motifs is 2. The van der Waals surface area contributed by atoms with E-state index in [1.807, 2.05) is 12.1 Å². The second-order valence-electron chi connectivity index (χ2n) is 7.53. The van der Waals surface area contributed by atoms with Gasteiger partial charge in [-0.1, -0.05) is 36.4 Å². The number of methoxy groups -OCH3 is 1. The fraction of sp³-hybridized carbons (Fsp3) is 0.409. The van der Waals surface area contributed by atoms with E-state index in [2.05, 4.69) is 36.2 Å². The Morgan fingerprint density at radius 1 is 1.12 bits per heavy atom. The van der Waals surface area contributed by atoms with E-state index in [0.29, 0.717) is 6.04 Å². The van der Waals surface area contributed by atoms with Crippen LogP contribution in [0.15, 0.2) is 48.5 Å². The number of phenolic OH excluding ortho intramolecular Hbond substituents is 1. The van der Waals surface area contributed by atoms with Crippen LogP contribution in [0.2, 0.25) is 0 Å². The molecule has 4 rings (SSSR count). The molecule has 0 aromatic heterocycles. The highest BCUT2D eigenvalue weighted by atomic mass is 16.5. The number of carbonyl (C=O) groups excluding carboxylic acids is 1. The third kappa shape index (κ3) is 2.88. The molecule has 2 saturated heterocycles. The van der Waals surface area contributed by atoms with Gasteiger partial charge in [0.05, 0.1) is 13.0 Å². The second-order valence-corrected chi connectivity index (χ2v) is 7.53. The summed E-state index contributed by atoms with van der Waals surface area (Å²) in [6, 6.07) is 16.5. The van der Waals surface area contributed by atoms with Gasteiger partial charge in [0.1, 0.15) is 5.75 Å².